The molecular weight excluding hydrogens is 180 g/mol. The van der Waals surface area contributed by atoms with Gasteiger partial charge in [0.2, 0.25) is 0 Å². The molecule has 0 amide bonds. The second-order valence-electron chi connectivity index (χ2n) is 4.48. The average molecular weight is 198 g/mol. The van der Waals surface area contributed by atoms with Crippen LogP contribution >= 0.6 is 0 Å². The summed E-state index contributed by atoms with van der Waals surface area (Å²) < 4.78 is 0. The minimum atomic E-state index is -0.959. The van der Waals surface area contributed by atoms with Crippen molar-refractivity contribution in [1.82, 2.24) is 0 Å². The Kier molecular flexibility index (Phi) is 4.05. The molecule has 14 heavy (non-hydrogen) atoms. The van der Waals surface area contributed by atoms with Crippen LogP contribution in [0.25, 0.3) is 0 Å². The molecule has 0 aromatic carbocycles. The van der Waals surface area contributed by atoms with Crippen LogP contribution in [0.1, 0.15) is 41.0 Å². The number of carbonyl (C=O) groups is 2. The molecule has 3 heteroatoms. The maximum Gasteiger partial charge on any atom is 0.307 e. The van der Waals surface area contributed by atoms with Crippen LogP contribution < -0.4 is 0 Å². The molecule has 0 aliphatic carbocycles. The number of carboxylic acids is 1. The topological polar surface area (TPSA) is 54.4 Å². The van der Waals surface area contributed by atoms with Crippen LogP contribution in [0.5, 0.6) is 0 Å². The molecule has 0 aromatic rings. The Morgan fingerprint density at radius 2 is 1.57 bits per heavy atom. The molecule has 80 valence electrons. The molecule has 3 nitrogen and oxygen atoms in total. The maximum absolute atomic E-state index is 11.2. The van der Waals surface area contributed by atoms with Crippen LogP contribution in [0.3, 0.4) is 0 Å². The van der Waals surface area contributed by atoms with Crippen molar-refractivity contribution in [3.8, 4) is 0 Å². The van der Waals surface area contributed by atoms with Crippen molar-refractivity contribution in [2.24, 2.45) is 5.41 Å². The van der Waals surface area contributed by atoms with E-state index in [0.29, 0.717) is 5.57 Å². The molecule has 0 rings (SSSR count). The van der Waals surface area contributed by atoms with Crippen LogP contribution in [-0.2, 0) is 9.59 Å². The molecule has 0 atom stereocenters. The lowest BCUT2D eigenvalue weighted by Gasteiger charge is -2.22. The van der Waals surface area contributed by atoms with E-state index in [-0.39, 0.29) is 17.6 Å². The Morgan fingerprint density at radius 1 is 1.14 bits per heavy atom. The van der Waals surface area contributed by atoms with Crippen LogP contribution in [0.2, 0.25) is 0 Å². The van der Waals surface area contributed by atoms with Crippen LogP contribution in [0.4, 0.5) is 0 Å². The van der Waals surface area contributed by atoms with Gasteiger partial charge in [-0.1, -0.05) is 26.3 Å². The van der Waals surface area contributed by atoms with Gasteiger partial charge in [0, 0.05) is 5.57 Å². The highest BCUT2D eigenvalue weighted by atomic mass is 16.4. The summed E-state index contributed by atoms with van der Waals surface area (Å²) in [5.74, 6) is -1.11. The van der Waals surface area contributed by atoms with E-state index in [1.165, 1.54) is 6.92 Å². The van der Waals surface area contributed by atoms with Crippen molar-refractivity contribution in [3.05, 3.63) is 11.1 Å². The number of hydrogen-bond acceptors (Lipinski definition) is 2. The van der Waals surface area contributed by atoms with Crippen molar-refractivity contribution >= 4 is 11.8 Å². The zero-order valence-corrected chi connectivity index (χ0v) is 9.47. The van der Waals surface area contributed by atoms with E-state index in [9.17, 15) is 9.59 Å². The Morgan fingerprint density at radius 3 is 1.79 bits per heavy atom. The smallest absolute Gasteiger partial charge is 0.307 e. The molecule has 0 bridgehead atoms. The fraction of sp³-hybridized carbons (Fsp3) is 0.636. The quantitative estimate of drug-likeness (QED) is 0.708. The number of aliphatic carboxylic acids is 1. The molecule has 0 unspecified atom stereocenters. The Labute approximate surface area is 84.8 Å². The largest absolute Gasteiger partial charge is 0.481 e. The number of carboxylic acid groups (broad SMARTS) is 1. The molecule has 0 fully saturated rings. The van der Waals surface area contributed by atoms with Gasteiger partial charge in [0.05, 0.1) is 6.42 Å². The minimum absolute atomic E-state index is 0.153. The van der Waals surface area contributed by atoms with Gasteiger partial charge in [0.25, 0.3) is 0 Å². The number of ketones is 1. The molecule has 0 radical (unpaired) electrons. The van der Waals surface area contributed by atoms with Crippen LogP contribution in [0.15, 0.2) is 11.1 Å². The summed E-state index contributed by atoms with van der Waals surface area (Å²) in [5, 5.41) is 8.66. The van der Waals surface area contributed by atoms with Gasteiger partial charge in [-0.3, -0.25) is 9.59 Å². The molecule has 0 heterocycles. The molecule has 0 saturated carbocycles. The van der Waals surface area contributed by atoms with Crippen LogP contribution in [-0.4, -0.2) is 16.9 Å². The van der Waals surface area contributed by atoms with Gasteiger partial charge in [-0.25, -0.2) is 0 Å². The molecule has 0 spiro atoms. The predicted molar refractivity (Wildman–Crippen MR) is 55.1 cm³/mol. The first kappa shape index (κ1) is 12.9. The van der Waals surface area contributed by atoms with Gasteiger partial charge in [0.15, 0.2) is 5.78 Å². The summed E-state index contributed by atoms with van der Waals surface area (Å²) in [4.78, 5) is 21.8. The highest BCUT2D eigenvalue weighted by Crippen LogP contribution is 2.29. The van der Waals surface area contributed by atoms with Gasteiger partial charge >= 0.3 is 5.97 Å². The molecule has 0 aliphatic rings. The third-order valence-corrected chi connectivity index (χ3v) is 2.33. The molecule has 0 saturated heterocycles. The van der Waals surface area contributed by atoms with Crippen molar-refractivity contribution in [2.45, 2.75) is 41.0 Å². The number of hydrogen-bond donors (Lipinski definition) is 1. The lowest BCUT2D eigenvalue weighted by Crippen LogP contribution is -2.15. The first-order chi connectivity index (χ1) is 6.16. The van der Waals surface area contributed by atoms with Gasteiger partial charge in [0.1, 0.15) is 0 Å². The van der Waals surface area contributed by atoms with Crippen molar-refractivity contribution in [3.63, 3.8) is 0 Å². The summed E-state index contributed by atoms with van der Waals surface area (Å²) >= 11 is 0. The van der Waals surface area contributed by atoms with E-state index in [1.54, 1.807) is 0 Å². The third kappa shape index (κ3) is 3.73. The molecular formula is C11H18O3. The summed E-state index contributed by atoms with van der Waals surface area (Å²) in [6.45, 7) is 9.13. The summed E-state index contributed by atoms with van der Waals surface area (Å²) in [6, 6.07) is 0. The Balaban J connectivity index is 5.17. The van der Waals surface area contributed by atoms with Crippen molar-refractivity contribution in [2.75, 3.05) is 0 Å². The first-order valence-electron chi connectivity index (χ1n) is 4.59. The highest BCUT2D eigenvalue weighted by molar-refractivity contribution is 5.98. The molecule has 0 aromatic heterocycles. The van der Waals surface area contributed by atoms with E-state index in [2.05, 4.69) is 0 Å². The molecule has 0 aliphatic heterocycles. The zero-order chi connectivity index (χ0) is 11.5. The second kappa shape index (κ2) is 4.40. The van der Waals surface area contributed by atoms with Gasteiger partial charge in [-0.05, 0) is 19.3 Å². The molecule has 1 N–H and O–H groups in total. The summed E-state index contributed by atoms with van der Waals surface area (Å²) in [7, 11) is 0. The van der Waals surface area contributed by atoms with Gasteiger partial charge in [-0.15, -0.1) is 0 Å². The van der Waals surface area contributed by atoms with E-state index in [0.717, 1.165) is 5.57 Å². The average Bonchev–Trinajstić information content (AvgIpc) is 1.96. The van der Waals surface area contributed by atoms with E-state index in [4.69, 9.17) is 5.11 Å². The van der Waals surface area contributed by atoms with Crippen molar-refractivity contribution in [1.29, 1.82) is 0 Å². The predicted octanol–water partition coefficient (Wildman–Crippen LogP) is 2.41. The number of carbonyl (C=O) groups excluding carboxylic acids is 1. The highest BCUT2D eigenvalue weighted by Gasteiger charge is 2.21. The first-order valence-corrected chi connectivity index (χ1v) is 4.59. The Bertz CT molecular complexity index is 279. The SMILES string of the molecule is CC(=O)/C(CC(=O)O)=C(\C)C(C)(C)C. The van der Waals surface area contributed by atoms with E-state index in [1.807, 2.05) is 27.7 Å². The monoisotopic (exact) mass is 198 g/mol. The fourth-order valence-corrected chi connectivity index (χ4v) is 1.12. The number of Topliss-reactive ketones (excluding diaryl/α,β-unsaturated/α-hetero) is 1. The standard InChI is InChI=1S/C11H18O3/c1-7(11(3,4)5)9(8(2)12)6-10(13)14/h6H2,1-5H3,(H,13,14)/b9-7+. The van der Waals surface area contributed by atoms with E-state index < -0.39 is 5.97 Å². The fourth-order valence-electron chi connectivity index (χ4n) is 1.12. The third-order valence-electron chi connectivity index (χ3n) is 2.33. The van der Waals surface area contributed by atoms with E-state index >= 15 is 0 Å². The van der Waals surface area contributed by atoms with Crippen molar-refractivity contribution < 1.29 is 14.7 Å². The number of allylic oxidation sites excluding steroid dienone is 1. The second-order valence-corrected chi connectivity index (χ2v) is 4.48. The summed E-state index contributed by atoms with van der Waals surface area (Å²) in [6.07, 6.45) is -0.182. The summed E-state index contributed by atoms with van der Waals surface area (Å²) in [5.41, 5.74) is 1.12. The maximum atomic E-state index is 11.2. The lowest BCUT2D eigenvalue weighted by atomic mass is 9.82. The zero-order valence-electron chi connectivity index (χ0n) is 9.47. The van der Waals surface area contributed by atoms with Crippen LogP contribution in [0, 0.1) is 5.41 Å². The normalized spacial score (nSPS) is 13.5. The lowest BCUT2D eigenvalue weighted by molar-refractivity contribution is -0.136. The van der Waals surface area contributed by atoms with Gasteiger partial charge < -0.3 is 5.11 Å². The minimum Gasteiger partial charge on any atom is -0.481 e. The number of rotatable bonds is 3. The van der Waals surface area contributed by atoms with Gasteiger partial charge in [-0.2, -0.15) is 0 Å². The Hall–Kier alpha value is -1.12.